The molecule has 0 saturated carbocycles. The van der Waals surface area contributed by atoms with Gasteiger partial charge in [0.1, 0.15) is 23.5 Å². The van der Waals surface area contributed by atoms with Crippen molar-refractivity contribution in [3.63, 3.8) is 0 Å². The summed E-state index contributed by atoms with van der Waals surface area (Å²) < 4.78 is 35.5. The Morgan fingerprint density at radius 2 is 1.94 bits per heavy atom. The van der Waals surface area contributed by atoms with Crippen molar-refractivity contribution >= 4 is 5.82 Å². The Labute approximate surface area is 193 Å². The zero-order valence-corrected chi connectivity index (χ0v) is 18.1. The van der Waals surface area contributed by atoms with Gasteiger partial charge in [0.2, 0.25) is 0 Å². The number of hydrogen-bond donors (Lipinski definition) is 2. The van der Waals surface area contributed by atoms with Crippen molar-refractivity contribution in [2.24, 2.45) is 0 Å². The first-order valence-electron chi connectivity index (χ1n) is 10.9. The lowest BCUT2D eigenvalue weighted by molar-refractivity contribution is -0.0644. The highest BCUT2D eigenvalue weighted by Crippen LogP contribution is 2.30. The maximum absolute atomic E-state index is 14.7. The molecule has 4 aromatic rings. The number of rotatable bonds is 6. The molecule has 4 heterocycles. The first-order valence-corrected chi connectivity index (χ1v) is 10.9. The molecule has 1 atom stereocenters. The van der Waals surface area contributed by atoms with E-state index in [0.29, 0.717) is 35.6 Å². The van der Waals surface area contributed by atoms with E-state index in [1.54, 1.807) is 39.9 Å². The predicted octanol–water partition coefficient (Wildman–Crippen LogP) is 2.99. The highest BCUT2D eigenvalue weighted by Gasteiger charge is 2.31. The van der Waals surface area contributed by atoms with Gasteiger partial charge in [-0.15, -0.1) is 0 Å². The van der Waals surface area contributed by atoms with Crippen LogP contribution in [-0.4, -0.2) is 54.0 Å². The molecule has 176 valence electrons. The number of piperidine rings is 1. The van der Waals surface area contributed by atoms with E-state index >= 15 is 0 Å². The molecule has 0 spiro atoms. The normalized spacial score (nSPS) is 16.4. The van der Waals surface area contributed by atoms with E-state index in [1.807, 2.05) is 0 Å². The zero-order valence-electron chi connectivity index (χ0n) is 18.1. The number of benzene rings is 1. The Morgan fingerprint density at radius 1 is 1.09 bits per heavy atom. The molecule has 1 unspecified atom stereocenters. The van der Waals surface area contributed by atoms with E-state index < -0.39 is 18.1 Å². The molecule has 3 aromatic heterocycles. The summed E-state index contributed by atoms with van der Waals surface area (Å²) in [6.45, 7) is 0.551. The first-order chi connectivity index (χ1) is 16.5. The fourth-order valence-electron chi connectivity index (χ4n) is 4.20. The Bertz CT molecular complexity index is 1280. The van der Waals surface area contributed by atoms with Crippen LogP contribution in [0.1, 0.15) is 24.8 Å². The zero-order chi connectivity index (χ0) is 23.7. The molecule has 0 aliphatic carbocycles. The van der Waals surface area contributed by atoms with E-state index in [2.05, 4.69) is 20.2 Å². The topological polar surface area (TPSA) is 113 Å². The van der Waals surface area contributed by atoms with Crippen molar-refractivity contribution in [2.75, 3.05) is 11.4 Å². The molecule has 34 heavy (non-hydrogen) atoms. The molecule has 1 fully saturated rings. The van der Waals surface area contributed by atoms with Gasteiger partial charge in [-0.1, -0.05) is 23.4 Å². The molecule has 1 aromatic carbocycles. The van der Waals surface area contributed by atoms with E-state index in [-0.39, 0.29) is 24.0 Å². The van der Waals surface area contributed by atoms with E-state index in [1.165, 1.54) is 12.3 Å². The Morgan fingerprint density at radius 3 is 2.71 bits per heavy atom. The summed E-state index contributed by atoms with van der Waals surface area (Å²) in [6.07, 6.45) is 2.91. The molecule has 0 radical (unpaired) electrons. The SMILES string of the molecule is OC(O)C1CCCCN1c1nc(-c2cc(-c3ccon3)n(Cc3ccccc3F)n2)ncc1F. The quantitative estimate of drug-likeness (QED) is 0.415. The van der Waals surface area contributed by atoms with Crippen LogP contribution in [-0.2, 0) is 6.54 Å². The van der Waals surface area contributed by atoms with Gasteiger partial charge < -0.3 is 19.6 Å². The molecule has 1 saturated heterocycles. The third-order valence-electron chi connectivity index (χ3n) is 5.88. The predicted molar refractivity (Wildman–Crippen MR) is 117 cm³/mol. The number of nitrogens with zero attached hydrogens (tertiary/aromatic N) is 6. The van der Waals surface area contributed by atoms with Gasteiger partial charge in [0.25, 0.3) is 0 Å². The number of hydrogen-bond acceptors (Lipinski definition) is 8. The number of halogens is 2. The minimum Gasteiger partial charge on any atom is -0.366 e. The number of aromatic nitrogens is 5. The van der Waals surface area contributed by atoms with Gasteiger partial charge >= 0.3 is 0 Å². The summed E-state index contributed by atoms with van der Waals surface area (Å²) in [5, 5.41) is 28.1. The smallest absolute Gasteiger partial charge is 0.183 e. The van der Waals surface area contributed by atoms with Crippen LogP contribution < -0.4 is 4.90 Å². The van der Waals surface area contributed by atoms with Crippen molar-refractivity contribution < 1.29 is 23.5 Å². The van der Waals surface area contributed by atoms with Gasteiger partial charge in [0.15, 0.2) is 23.7 Å². The molecule has 1 aliphatic heterocycles. The van der Waals surface area contributed by atoms with Crippen molar-refractivity contribution in [1.82, 2.24) is 24.9 Å². The highest BCUT2D eigenvalue weighted by molar-refractivity contribution is 5.63. The van der Waals surface area contributed by atoms with Gasteiger partial charge in [-0.3, -0.25) is 4.68 Å². The second-order valence-corrected chi connectivity index (χ2v) is 8.08. The fourth-order valence-corrected chi connectivity index (χ4v) is 4.20. The molecule has 1 aliphatic rings. The lowest BCUT2D eigenvalue weighted by Crippen LogP contribution is -2.47. The average molecular weight is 468 g/mol. The molecule has 0 amide bonds. The summed E-state index contributed by atoms with van der Waals surface area (Å²) in [4.78, 5) is 10.0. The third-order valence-corrected chi connectivity index (χ3v) is 5.88. The van der Waals surface area contributed by atoms with E-state index in [4.69, 9.17) is 4.52 Å². The average Bonchev–Trinajstić information content (AvgIpc) is 3.51. The minimum absolute atomic E-state index is 0.0190. The summed E-state index contributed by atoms with van der Waals surface area (Å²) in [7, 11) is 0. The van der Waals surface area contributed by atoms with Crippen LogP contribution in [0.25, 0.3) is 22.9 Å². The number of anilines is 1. The Hall–Kier alpha value is -3.70. The molecule has 9 nitrogen and oxygen atoms in total. The lowest BCUT2D eigenvalue weighted by atomic mass is 10.0. The van der Waals surface area contributed by atoms with Gasteiger partial charge in [-0.05, 0) is 31.4 Å². The van der Waals surface area contributed by atoms with Crippen molar-refractivity contribution in [3.05, 3.63) is 66.1 Å². The van der Waals surface area contributed by atoms with Crippen molar-refractivity contribution in [1.29, 1.82) is 0 Å². The first kappa shape index (κ1) is 22.1. The second kappa shape index (κ2) is 9.27. The van der Waals surface area contributed by atoms with Crippen LogP contribution in [0.15, 0.2) is 53.4 Å². The molecule has 0 bridgehead atoms. The summed E-state index contributed by atoms with van der Waals surface area (Å²) >= 11 is 0. The van der Waals surface area contributed by atoms with Crippen LogP contribution in [0.2, 0.25) is 0 Å². The lowest BCUT2D eigenvalue weighted by Gasteiger charge is -2.37. The fraction of sp³-hybridized carbons (Fsp3) is 0.304. The standard InChI is InChI=1S/C23H22F2N6O3/c24-15-6-2-1-5-14(15)13-31-20(17-8-10-34-29-17)11-18(28-31)21-26-12-16(25)22(27-21)30-9-4-3-7-19(30)23(32)33/h1-2,5-6,8,10-12,19,23,32-33H,3-4,7,9,13H2. The van der Waals surface area contributed by atoms with E-state index in [9.17, 15) is 19.0 Å². The largest absolute Gasteiger partial charge is 0.366 e. The molecule has 5 rings (SSSR count). The van der Waals surface area contributed by atoms with Crippen molar-refractivity contribution in [2.45, 2.75) is 38.1 Å². The third kappa shape index (κ3) is 4.27. The Kier molecular flexibility index (Phi) is 6.03. The summed E-state index contributed by atoms with van der Waals surface area (Å²) in [5.41, 5.74) is 1.78. The monoisotopic (exact) mass is 468 g/mol. The van der Waals surface area contributed by atoms with E-state index in [0.717, 1.165) is 19.0 Å². The number of aliphatic hydroxyl groups is 2. The van der Waals surface area contributed by atoms with Crippen LogP contribution in [0.4, 0.5) is 14.6 Å². The maximum atomic E-state index is 14.7. The molecule has 11 heteroatoms. The summed E-state index contributed by atoms with van der Waals surface area (Å²) in [5.74, 6) is -0.914. The molecular formula is C23H22F2N6O3. The van der Waals surface area contributed by atoms with Gasteiger partial charge in [-0.2, -0.15) is 5.10 Å². The second-order valence-electron chi connectivity index (χ2n) is 8.08. The summed E-state index contributed by atoms with van der Waals surface area (Å²) in [6, 6.07) is 9.02. The number of aliphatic hydroxyl groups excluding tert-OH is 1. The van der Waals surface area contributed by atoms with Crippen LogP contribution in [0.5, 0.6) is 0 Å². The van der Waals surface area contributed by atoms with Gasteiger partial charge in [0, 0.05) is 18.2 Å². The van der Waals surface area contributed by atoms with Gasteiger partial charge in [0.05, 0.1) is 24.5 Å². The van der Waals surface area contributed by atoms with Crippen LogP contribution >= 0.6 is 0 Å². The minimum atomic E-state index is -1.63. The van der Waals surface area contributed by atoms with Crippen molar-refractivity contribution in [3.8, 4) is 22.9 Å². The highest BCUT2D eigenvalue weighted by atomic mass is 19.1. The molecular weight excluding hydrogens is 446 g/mol. The van der Waals surface area contributed by atoms with Crippen LogP contribution in [0.3, 0.4) is 0 Å². The molecule has 2 N–H and O–H groups in total. The Balaban J connectivity index is 1.55. The maximum Gasteiger partial charge on any atom is 0.183 e. The van der Waals surface area contributed by atoms with Gasteiger partial charge in [-0.25, -0.2) is 18.7 Å². The van der Waals surface area contributed by atoms with Crippen LogP contribution in [0, 0.1) is 11.6 Å².